The first-order valence-electron chi connectivity index (χ1n) is 4.42. The van der Waals surface area contributed by atoms with Crippen LogP contribution in [0.3, 0.4) is 0 Å². The van der Waals surface area contributed by atoms with Gasteiger partial charge in [0.2, 0.25) is 12.2 Å². The summed E-state index contributed by atoms with van der Waals surface area (Å²) in [5, 5.41) is 17.7. The number of rotatable bonds is 2. The lowest BCUT2D eigenvalue weighted by atomic mass is 10.3. The SMILES string of the molecule is CNCc1cccc(C)n1.OOC#COO. The third-order valence-corrected chi connectivity index (χ3v) is 1.44. The predicted molar refractivity (Wildman–Crippen MR) is 56.9 cm³/mol. The number of nitrogens with one attached hydrogen (secondary N) is 1. The van der Waals surface area contributed by atoms with Crippen molar-refractivity contribution in [3.63, 3.8) is 0 Å². The van der Waals surface area contributed by atoms with E-state index in [0.29, 0.717) is 0 Å². The summed E-state index contributed by atoms with van der Waals surface area (Å²) < 4.78 is 0. The number of hydrogen-bond acceptors (Lipinski definition) is 6. The Morgan fingerprint density at radius 3 is 2.38 bits per heavy atom. The maximum atomic E-state index is 7.33. The molecule has 3 N–H and O–H groups in total. The molecule has 1 rings (SSSR count). The van der Waals surface area contributed by atoms with Crippen molar-refractivity contribution in [3.05, 3.63) is 29.6 Å². The van der Waals surface area contributed by atoms with Crippen LogP contribution in [0.5, 0.6) is 0 Å². The molecule has 0 aromatic carbocycles. The Morgan fingerprint density at radius 2 is 1.94 bits per heavy atom. The molecule has 1 aromatic heterocycles. The Bertz CT molecular complexity index is 338. The summed E-state index contributed by atoms with van der Waals surface area (Å²) in [5.41, 5.74) is 2.18. The lowest BCUT2D eigenvalue weighted by molar-refractivity contribution is -0.188. The van der Waals surface area contributed by atoms with Gasteiger partial charge in [0.15, 0.2) is 0 Å². The van der Waals surface area contributed by atoms with E-state index >= 15 is 0 Å². The molecule has 0 aliphatic heterocycles. The van der Waals surface area contributed by atoms with Gasteiger partial charge in [-0.2, -0.15) is 10.5 Å². The molecule has 0 saturated heterocycles. The number of aromatic nitrogens is 1. The molecule has 16 heavy (non-hydrogen) atoms. The van der Waals surface area contributed by atoms with Gasteiger partial charge < -0.3 is 5.32 Å². The molecule has 0 aliphatic rings. The molecule has 0 spiro atoms. The van der Waals surface area contributed by atoms with Crippen LogP contribution in [0.2, 0.25) is 0 Å². The average Bonchev–Trinajstić information content (AvgIpc) is 2.28. The molecular formula is C10H14N2O4. The number of nitrogens with zero attached hydrogens (tertiary/aromatic N) is 1. The van der Waals surface area contributed by atoms with Gasteiger partial charge >= 0.3 is 0 Å². The maximum absolute atomic E-state index is 7.33. The van der Waals surface area contributed by atoms with E-state index in [1.807, 2.05) is 32.2 Å². The van der Waals surface area contributed by atoms with Crippen LogP contribution in [0.1, 0.15) is 11.4 Å². The van der Waals surface area contributed by atoms with Crippen molar-refractivity contribution < 1.29 is 20.3 Å². The monoisotopic (exact) mass is 226 g/mol. The average molecular weight is 226 g/mol. The fourth-order valence-corrected chi connectivity index (χ4v) is 0.916. The van der Waals surface area contributed by atoms with Gasteiger partial charge in [0.25, 0.3) is 0 Å². The molecule has 0 radical (unpaired) electrons. The maximum Gasteiger partial charge on any atom is 0.204 e. The van der Waals surface area contributed by atoms with Crippen LogP contribution in [-0.2, 0) is 16.3 Å². The quantitative estimate of drug-likeness (QED) is 0.396. The molecule has 0 atom stereocenters. The second-order valence-electron chi connectivity index (χ2n) is 2.69. The first kappa shape index (κ1) is 14.2. The minimum Gasteiger partial charge on any atom is -0.314 e. The summed E-state index contributed by atoms with van der Waals surface area (Å²) in [6, 6.07) is 6.04. The van der Waals surface area contributed by atoms with E-state index in [2.05, 4.69) is 20.1 Å². The molecular weight excluding hydrogens is 212 g/mol. The summed E-state index contributed by atoms with van der Waals surface area (Å²) in [6.45, 7) is 2.85. The Hall–Kier alpha value is -1.81. The smallest absolute Gasteiger partial charge is 0.204 e. The van der Waals surface area contributed by atoms with Gasteiger partial charge in [0.05, 0.1) is 5.69 Å². The first-order valence-corrected chi connectivity index (χ1v) is 4.42. The predicted octanol–water partition coefficient (Wildman–Crippen LogP) is 0.993. The van der Waals surface area contributed by atoms with E-state index in [4.69, 9.17) is 10.5 Å². The van der Waals surface area contributed by atoms with Gasteiger partial charge in [-0.15, -0.1) is 0 Å². The molecule has 0 unspecified atom stereocenters. The van der Waals surface area contributed by atoms with E-state index in [-0.39, 0.29) is 0 Å². The van der Waals surface area contributed by atoms with Crippen molar-refractivity contribution in [1.29, 1.82) is 0 Å². The molecule has 0 bridgehead atoms. The minimum absolute atomic E-state index is 0.849. The van der Waals surface area contributed by atoms with Crippen LogP contribution >= 0.6 is 0 Å². The van der Waals surface area contributed by atoms with Crippen LogP contribution in [0.25, 0.3) is 0 Å². The molecule has 0 fully saturated rings. The molecule has 6 heteroatoms. The van der Waals surface area contributed by atoms with Gasteiger partial charge in [0.1, 0.15) is 0 Å². The van der Waals surface area contributed by atoms with E-state index in [1.54, 1.807) is 0 Å². The minimum atomic E-state index is 0.849. The van der Waals surface area contributed by atoms with E-state index < -0.39 is 0 Å². The van der Waals surface area contributed by atoms with Crippen LogP contribution in [-0.4, -0.2) is 22.5 Å². The highest BCUT2D eigenvalue weighted by atomic mass is 17.1. The van der Waals surface area contributed by atoms with Crippen LogP contribution in [0.4, 0.5) is 0 Å². The second kappa shape index (κ2) is 9.73. The molecule has 0 amide bonds. The van der Waals surface area contributed by atoms with E-state index in [0.717, 1.165) is 17.9 Å². The van der Waals surface area contributed by atoms with Gasteiger partial charge in [-0.1, -0.05) is 6.07 Å². The highest BCUT2D eigenvalue weighted by molar-refractivity contribution is 5.09. The fourth-order valence-electron chi connectivity index (χ4n) is 0.916. The van der Waals surface area contributed by atoms with Crippen LogP contribution in [0, 0.1) is 19.1 Å². The zero-order valence-electron chi connectivity index (χ0n) is 9.10. The van der Waals surface area contributed by atoms with Crippen molar-refractivity contribution in [1.82, 2.24) is 10.3 Å². The lowest BCUT2D eigenvalue weighted by Crippen LogP contribution is -2.06. The zero-order valence-corrected chi connectivity index (χ0v) is 9.10. The summed E-state index contributed by atoms with van der Waals surface area (Å²) >= 11 is 0. The molecule has 1 aromatic rings. The number of aryl methyl sites for hydroxylation is 1. The zero-order chi connectivity index (χ0) is 12.2. The Kier molecular flexibility index (Phi) is 8.63. The standard InChI is InChI=1S/C8H12N2.C2H2O4/c1-7-4-3-5-8(10-7)6-9-2;3-5-1-2-6-4/h3-5,9H,6H2,1-2H3;3-4H. The number of pyridine rings is 1. The van der Waals surface area contributed by atoms with Gasteiger partial charge in [0, 0.05) is 12.2 Å². The summed E-state index contributed by atoms with van der Waals surface area (Å²) in [5.74, 6) is 0. The molecule has 6 nitrogen and oxygen atoms in total. The largest absolute Gasteiger partial charge is 0.314 e. The Balaban J connectivity index is 0.000000325. The first-order chi connectivity index (χ1) is 7.74. The molecule has 88 valence electrons. The van der Waals surface area contributed by atoms with Crippen LogP contribution < -0.4 is 5.32 Å². The highest BCUT2D eigenvalue weighted by Crippen LogP contribution is 1.96. The molecule has 0 saturated carbocycles. The lowest BCUT2D eigenvalue weighted by Gasteiger charge is -1.98. The summed E-state index contributed by atoms with van der Waals surface area (Å²) in [7, 11) is 1.92. The Labute approximate surface area is 93.7 Å². The fraction of sp³-hybridized carbons (Fsp3) is 0.300. The van der Waals surface area contributed by atoms with E-state index in [9.17, 15) is 0 Å². The third kappa shape index (κ3) is 7.58. The third-order valence-electron chi connectivity index (χ3n) is 1.44. The van der Waals surface area contributed by atoms with Gasteiger partial charge in [-0.3, -0.25) is 14.8 Å². The topological polar surface area (TPSA) is 83.8 Å². The van der Waals surface area contributed by atoms with Crippen molar-refractivity contribution in [2.24, 2.45) is 0 Å². The van der Waals surface area contributed by atoms with Crippen LogP contribution in [0.15, 0.2) is 18.2 Å². The highest BCUT2D eigenvalue weighted by Gasteiger charge is 1.89. The van der Waals surface area contributed by atoms with Crippen molar-refractivity contribution in [2.45, 2.75) is 13.5 Å². The molecule has 1 heterocycles. The Morgan fingerprint density at radius 1 is 1.31 bits per heavy atom. The van der Waals surface area contributed by atoms with Gasteiger partial charge in [-0.05, 0) is 26.1 Å². The summed E-state index contributed by atoms with van der Waals surface area (Å²) in [6.07, 6.45) is 3.06. The van der Waals surface area contributed by atoms with Crippen molar-refractivity contribution >= 4 is 0 Å². The van der Waals surface area contributed by atoms with Gasteiger partial charge in [-0.25, -0.2) is 0 Å². The summed E-state index contributed by atoms with van der Waals surface area (Å²) in [4.78, 5) is 10.6. The normalized spacial score (nSPS) is 8.00. The van der Waals surface area contributed by atoms with Crippen molar-refractivity contribution in [3.8, 4) is 12.2 Å². The van der Waals surface area contributed by atoms with Crippen molar-refractivity contribution in [2.75, 3.05) is 7.05 Å². The second-order valence-corrected chi connectivity index (χ2v) is 2.69. The number of hydrogen-bond donors (Lipinski definition) is 3. The van der Waals surface area contributed by atoms with E-state index in [1.165, 1.54) is 12.2 Å². The molecule has 0 aliphatic carbocycles.